The molecular formula is C20H17FN2O2. The summed E-state index contributed by atoms with van der Waals surface area (Å²) in [5.74, 6) is -0.321. The standard InChI is InChI=1S/C20H17FN2O2/c1-3-15-17-10-14(25-2)7-8-16(17)18(11-22)19(15)23-20(24)12-5-4-6-13(21)9-12/h4-10,15H,3H2,1-2H3,(H,23,24). The van der Waals surface area contributed by atoms with E-state index in [9.17, 15) is 14.4 Å². The SMILES string of the molecule is CCC1C(NC(=O)c2cccc(F)c2)=C(C#N)c2ccc(OC)cc21. The zero-order valence-corrected chi connectivity index (χ0v) is 14.0. The minimum Gasteiger partial charge on any atom is -0.497 e. The number of hydrogen-bond acceptors (Lipinski definition) is 3. The van der Waals surface area contributed by atoms with Crippen molar-refractivity contribution in [2.45, 2.75) is 19.3 Å². The van der Waals surface area contributed by atoms with Gasteiger partial charge in [0.2, 0.25) is 0 Å². The first-order valence-corrected chi connectivity index (χ1v) is 7.98. The molecule has 0 aliphatic heterocycles. The van der Waals surface area contributed by atoms with Gasteiger partial charge in [-0.3, -0.25) is 4.79 Å². The Labute approximate surface area is 145 Å². The molecule has 0 aromatic heterocycles. The van der Waals surface area contributed by atoms with Crippen LogP contribution >= 0.6 is 0 Å². The Balaban J connectivity index is 1.99. The fraction of sp³-hybridized carbons (Fsp3) is 0.200. The number of allylic oxidation sites excluding steroid dienone is 2. The van der Waals surface area contributed by atoms with Gasteiger partial charge in [-0.1, -0.05) is 13.0 Å². The number of hydrogen-bond donors (Lipinski definition) is 1. The maximum Gasteiger partial charge on any atom is 0.255 e. The van der Waals surface area contributed by atoms with Crippen molar-refractivity contribution >= 4 is 11.5 Å². The lowest BCUT2D eigenvalue weighted by Crippen LogP contribution is -2.25. The van der Waals surface area contributed by atoms with E-state index in [0.29, 0.717) is 23.4 Å². The zero-order valence-electron chi connectivity index (χ0n) is 14.0. The summed E-state index contributed by atoms with van der Waals surface area (Å²) in [6, 6.07) is 13.2. The summed E-state index contributed by atoms with van der Waals surface area (Å²) in [6.07, 6.45) is 0.712. The number of rotatable bonds is 4. The largest absolute Gasteiger partial charge is 0.497 e. The molecule has 25 heavy (non-hydrogen) atoms. The lowest BCUT2D eigenvalue weighted by atomic mass is 9.96. The molecule has 0 saturated carbocycles. The Morgan fingerprint density at radius 2 is 2.12 bits per heavy atom. The molecule has 0 heterocycles. The first kappa shape index (κ1) is 16.7. The molecule has 1 aliphatic carbocycles. The lowest BCUT2D eigenvalue weighted by molar-refractivity contribution is 0.0963. The second kappa shape index (κ2) is 6.78. The van der Waals surface area contributed by atoms with Crippen LogP contribution in [0.3, 0.4) is 0 Å². The van der Waals surface area contributed by atoms with Crippen LogP contribution in [0.5, 0.6) is 5.75 Å². The van der Waals surface area contributed by atoms with Gasteiger partial charge in [0.25, 0.3) is 5.91 Å². The van der Waals surface area contributed by atoms with Gasteiger partial charge in [-0.05, 0) is 53.9 Å². The number of nitriles is 1. The molecule has 0 bridgehead atoms. The number of ether oxygens (including phenoxy) is 1. The maximum absolute atomic E-state index is 13.4. The minimum absolute atomic E-state index is 0.114. The first-order valence-electron chi connectivity index (χ1n) is 7.98. The van der Waals surface area contributed by atoms with E-state index in [2.05, 4.69) is 11.4 Å². The number of halogens is 1. The van der Waals surface area contributed by atoms with Crippen LogP contribution in [0.2, 0.25) is 0 Å². The zero-order chi connectivity index (χ0) is 18.0. The smallest absolute Gasteiger partial charge is 0.255 e. The number of carbonyl (C=O) groups excluding carboxylic acids is 1. The molecule has 5 heteroatoms. The Kier molecular flexibility index (Phi) is 4.53. The second-order valence-corrected chi connectivity index (χ2v) is 5.78. The van der Waals surface area contributed by atoms with Gasteiger partial charge >= 0.3 is 0 Å². The van der Waals surface area contributed by atoms with E-state index >= 15 is 0 Å². The number of fused-ring (bicyclic) bond motifs is 1. The highest BCUT2D eigenvalue weighted by Crippen LogP contribution is 2.43. The Morgan fingerprint density at radius 3 is 2.76 bits per heavy atom. The topological polar surface area (TPSA) is 62.1 Å². The molecule has 1 atom stereocenters. The molecule has 2 aromatic rings. The predicted molar refractivity (Wildman–Crippen MR) is 92.4 cm³/mol. The summed E-state index contributed by atoms with van der Waals surface area (Å²) < 4.78 is 18.6. The normalized spacial score (nSPS) is 15.5. The van der Waals surface area contributed by atoms with Crippen molar-refractivity contribution in [3.05, 3.63) is 70.7 Å². The number of amides is 1. The van der Waals surface area contributed by atoms with Crippen molar-refractivity contribution in [1.82, 2.24) is 5.32 Å². The molecule has 0 saturated heterocycles. The van der Waals surface area contributed by atoms with E-state index in [-0.39, 0.29) is 11.5 Å². The van der Waals surface area contributed by atoms with E-state index in [0.717, 1.165) is 11.1 Å². The highest BCUT2D eigenvalue weighted by atomic mass is 19.1. The van der Waals surface area contributed by atoms with E-state index in [1.165, 1.54) is 24.3 Å². The number of benzene rings is 2. The molecular weight excluding hydrogens is 319 g/mol. The van der Waals surface area contributed by atoms with Crippen molar-refractivity contribution < 1.29 is 13.9 Å². The van der Waals surface area contributed by atoms with E-state index in [1.807, 2.05) is 19.1 Å². The lowest BCUT2D eigenvalue weighted by Gasteiger charge is -2.16. The van der Waals surface area contributed by atoms with Crippen molar-refractivity contribution in [2.75, 3.05) is 7.11 Å². The van der Waals surface area contributed by atoms with Gasteiger partial charge in [-0.15, -0.1) is 0 Å². The van der Waals surface area contributed by atoms with Crippen molar-refractivity contribution in [3.63, 3.8) is 0 Å². The van der Waals surface area contributed by atoms with Gasteiger partial charge in [0.1, 0.15) is 17.6 Å². The Morgan fingerprint density at radius 1 is 1.32 bits per heavy atom. The summed E-state index contributed by atoms with van der Waals surface area (Å²) in [4.78, 5) is 12.5. The van der Waals surface area contributed by atoms with Crippen molar-refractivity contribution in [1.29, 1.82) is 5.26 Å². The molecule has 0 fully saturated rings. The third-order valence-electron chi connectivity index (χ3n) is 4.38. The van der Waals surface area contributed by atoms with Gasteiger partial charge in [0.15, 0.2) is 0 Å². The van der Waals surface area contributed by atoms with Crippen LogP contribution in [-0.2, 0) is 0 Å². The molecule has 1 amide bonds. The van der Waals surface area contributed by atoms with Gasteiger partial charge < -0.3 is 10.1 Å². The minimum atomic E-state index is -0.478. The van der Waals surface area contributed by atoms with Crippen LogP contribution in [0.25, 0.3) is 5.57 Å². The molecule has 0 spiro atoms. The van der Waals surface area contributed by atoms with Crippen LogP contribution in [0.15, 0.2) is 48.2 Å². The molecule has 126 valence electrons. The summed E-state index contributed by atoms with van der Waals surface area (Å²) in [6.45, 7) is 1.99. The molecule has 4 nitrogen and oxygen atoms in total. The highest BCUT2D eigenvalue weighted by molar-refractivity contribution is 5.98. The van der Waals surface area contributed by atoms with Crippen molar-refractivity contribution in [2.24, 2.45) is 0 Å². The van der Waals surface area contributed by atoms with Gasteiger partial charge in [-0.25, -0.2) is 4.39 Å². The number of carbonyl (C=O) groups is 1. The van der Waals surface area contributed by atoms with Gasteiger partial charge in [0, 0.05) is 17.2 Å². The quantitative estimate of drug-likeness (QED) is 0.918. The van der Waals surface area contributed by atoms with Crippen molar-refractivity contribution in [3.8, 4) is 11.8 Å². The number of nitrogens with one attached hydrogen (secondary N) is 1. The summed E-state index contributed by atoms with van der Waals surface area (Å²) in [5, 5.41) is 12.4. The van der Waals surface area contributed by atoms with Gasteiger partial charge in [0.05, 0.1) is 12.7 Å². The molecule has 1 aliphatic rings. The number of nitrogens with zero attached hydrogens (tertiary/aromatic N) is 1. The van der Waals surface area contributed by atoms with Crippen LogP contribution in [0.1, 0.15) is 40.7 Å². The molecule has 0 radical (unpaired) electrons. The van der Waals surface area contributed by atoms with E-state index in [4.69, 9.17) is 4.74 Å². The fourth-order valence-electron chi connectivity index (χ4n) is 3.18. The fourth-order valence-corrected chi connectivity index (χ4v) is 3.18. The maximum atomic E-state index is 13.4. The third kappa shape index (κ3) is 2.99. The Bertz CT molecular complexity index is 912. The van der Waals surface area contributed by atoms with Crippen LogP contribution < -0.4 is 10.1 Å². The van der Waals surface area contributed by atoms with E-state index < -0.39 is 11.7 Å². The second-order valence-electron chi connectivity index (χ2n) is 5.78. The van der Waals surface area contributed by atoms with Crippen LogP contribution in [0.4, 0.5) is 4.39 Å². The number of methoxy groups -OCH3 is 1. The molecule has 2 aromatic carbocycles. The third-order valence-corrected chi connectivity index (χ3v) is 4.38. The van der Waals surface area contributed by atoms with E-state index in [1.54, 1.807) is 13.2 Å². The average Bonchev–Trinajstić information content (AvgIpc) is 2.92. The molecule has 3 rings (SSSR count). The molecule has 1 unspecified atom stereocenters. The van der Waals surface area contributed by atoms with Gasteiger partial charge in [-0.2, -0.15) is 5.26 Å². The highest BCUT2D eigenvalue weighted by Gasteiger charge is 2.32. The first-order chi connectivity index (χ1) is 12.1. The average molecular weight is 336 g/mol. The molecule has 1 N–H and O–H groups in total. The monoisotopic (exact) mass is 336 g/mol. The Hall–Kier alpha value is -3.13. The summed E-state index contributed by atoms with van der Waals surface area (Å²) >= 11 is 0. The predicted octanol–water partition coefficient (Wildman–Crippen LogP) is 4.01. The van der Waals surface area contributed by atoms with Crippen LogP contribution in [-0.4, -0.2) is 13.0 Å². The summed E-state index contributed by atoms with van der Waals surface area (Å²) in [5.41, 5.74) is 2.96. The summed E-state index contributed by atoms with van der Waals surface area (Å²) in [7, 11) is 1.59. The van der Waals surface area contributed by atoms with Crippen LogP contribution in [0, 0.1) is 17.1 Å².